The maximum atomic E-state index is 12.8. The van der Waals surface area contributed by atoms with Crippen LogP contribution >= 0.6 is 0 Å². The van der Waals surface area contributed by atoms with E-state index in [4.69, 9.17) is 15.6 Å². The third kappa shape index (κ3) is 4.25. The van der Waals surface area contributed by atoms with Crippen LogP contribution in [-0.2, 0) is 4.79 Å². The fraction of sp³-hybridized carbons (Fsp3) is 0.240. The van der Waals surface area contributed by atoms with E-state index in [0.29, 0.717) is 41.3 Å². The third-order valence-electron chi connectivity index (χ3n) is 6.13. The molecule has 3 aromatic heterocycles. The van der Waals surface area contributed by atoms with Gasteiger partial charge in [0.1, 0.15) is 17.0 Å². The zero-order valence-corrected chi connectivity index (χ0v) is 19.3. The van der Waals surface area contributed by atoms with Crippen molar-refractivity contribution in [1.29, 1.82) is 0 Å². The van der Waals surface area contributed by atoms with Crippen molar-refractivity contribution < 1.29 is 9.53 Å². The van der Waals surface area contributed by atoms with Crippen molar-refractivity contribution in [2.75, 3.05) is 18.8 Å². The summed E-state index contributed by atoms with van der Waals surface area (Å²) in [6.07, 6.45) is 4.56. The molecule has 1 aromatic carbocycles. The van der Waals surface area contributed by atoms with Crippen LogP contribution in [0.15, 0.2) is 60.0 Å². The number of nitrogens with two attached hydrogens (primary N) is 1. The molecule has 0 bridgehead atoms. The predicted molar refractivity (Wildman–Crippen MR) is 132 cm³/mol. The van der Waals surface area contributed by atoms with Gasteiger partial charge in [-0.25, -0.2) is 10.1 Å². The second kappa shape index (κ2) is 9.05. The minimum Gasteiger partial charge on any atom is -0.439 e. The number of nitrogen functional groups attached to an aromatic ring is 1. The lowest BCUT2D eigenvalue weighted by Gasteiger charge is -2.32. The average Bonchev–Trinajstić information content (AvgIpc) is 3.28. The van der Waals surface area contributed by atoms with Crippen LogP contribution in [0, 0.1) is 6.92 Å². The van der Waals surface area contributed by atoms with Gasteiger partial charge in [0.25, 0.3) is 5.56 Å². The zero-order chi connectivity index (χ0) is 24.5. The van der Waals surface area contributed by atoms with Crippen LogP contribution in [-0.4, -0.2) is 48.9 Å². The summed E-state index contributed by atoms with van der Waals surface area (Å²) >= 11 is 0. The summed E-state index contributed by atoms with van der Waals surface area (Å²) in [7, 11) is 0. The zero-order valence-electron chi connectivity index (χ0n) is 19.3. The van der Waals surface area contributed by atoms with Crippen LogP contribution < -0.4 is 16.0 Å². The monoisotopic (exact) mass is 471 g/mol. The molecule has 4 aromatic rings. The highest BCUT2D eigenvalue weighted by atomic mass is 16.5. The number of aromatic nitrogens is 5. The number of aryl methyl sites for hydroxylation is 1. The van der Waals surface area contributed by atoms with E-state index in [9.17, 15) is 9.59 Å². The van der Waals surface area contributed by atoms with Crippen LogP contribution in [0.25, 0.3) is 22.2 Å². The summed E-state index contributed by atoms with van der Waals surface area (Å²) in [5.74, 6) is 1.16. The fourth-order valence-corrected chi connectivity index (χ4v) is 4.43. The number of ether oxygens (including phenoxy) is 1. The molecule has 0 unspecified atom stereocenters. The first kappa shape index (κ1) is 22.3. The van der Waals surface area contributed by atoms with Gasteiger partial charge in [-0.1, -0.05) is 6.58 Å². The first-order valence-corrected chi connectivity index (χ1v) is 11.3. The van der Waals surface area contributed by atoms with E-state index < -0.39 is 0 Å². The van der Waals surface area contributed by atoms with E-state index >= 15 is 0 Å². The van der Waals surface area contributed by atoms with Crippen LogP contribution in [0.2, 0.25) is 0 Å². The molecule has 3 N–H and O–H groups in total. The average molecular weight is 472 g/mol. The Morgan fingerprint density at radius 1 is 1.29 bits per heavy atom. The molecule has 0 spiro atoms. The lowest BCUT2D eigenvalue weighted by atomic mass is 10.1. The van der Waals surface area contributed by atoms with Gasteiger partial charge in [-0.15, -0.1) is 0 Å². The molecule has 178 valence electrons. The predicted octanol–water partition coefficient (Wildman–Crippen LogP) is 3.21. The van der Waals surface area contributed by atoms with E-state index in [2.05, 4.69) is 21.8 Å². The number of hydrogen-bond donors (Lipinski definition) is 2. The Hall–Kier alpha value is -4.47. The van der Waals surface area contributed by atoms with E-state index in [0.717, 1.165) is 24.0 Å². The summed E-state index contributed by atoms with van der Waals surface area (Å²) < 4.78 is 7.54. The molecule has 1 aliphatic heterocycles. The largest absolute Gasteiger partial charge is 0.439 e. The Kier molecular flexibility index (Phi) is 5.77. The quantitative estimate of drug-likeness (QED) is 0.427. The fourth-order valence-electron chi connectivity index (χ4n) is 4.43. The molecule has 1 saturated heterocycles. The summed E-state index contributed by atoms with van der Waals surface area (Å²) in [6.45, 7) is 6.63. The molecular weight excluding hydrogens is 446 g/mol. The van der Waals surface area contributed by atoms with E-state index in [1.165, 1.54) is 6.08 Å². The molecule has 35 heavy (non-hydrogen) atoms. The van der Waals surface area contributed by atoms with Crippen molar-refractivity contribution in [3.05, 3.63) is 71.2 Å². The number of hydrogen-bond acceptors (Lipinski definition) is 7. The number of aromatic amines is 1. The number of carbonyl (C=O) groups excluding carboxylic acids is 1. The number of rotatable bonds is 5. The van der Waals surface area contributed by atoms with Crippen molar-refractivity contribution in [3.8, 4) is 22.9 Å². The standard InChI is InChI=1S/C25H25N7O3/c1-3-20(33)31-12-4-5-17(14-31)32-23-21(24(26)28-29-25(23)34)22(30-32)16-6-8-18(9-7-16)35-19-13-15(2)10-11-27-19/h3,6-11,13,17H,1,4-5,12,14H2,2H3,(H2,26,28)(H,29,34)/t17-/m1/s1. The van der Waals surface area contributed by atoms with Crippen molar-refractivity contribution in [1.82, 2.24) is 29.9 Å². The van der Waals surface area contributed by atoms with Crippen molar-refractivity contribution >= 4 is 22.6 Å². The second-order valence-corrected chi connectivity index (χ2v) is 8.54. The molecule has 1 fully saturated rings. The number of anilines is 1. The molecule has 0 radical (unpaired) electrons. The molecule has 5 rings (SSSR count). The maximum Gasteiger partial charge on any atom is 0.290 e. The highest BCUT2D eigenvalue weighted by molar-refractivity contribution is 5.99. The minimum atomic E-state index is -0.384. The van der Waals surface area contributed by atoms with Gasteiger partial charge in [0.15, 0.2) is 5.82 Å². The van der Waals surface area contributed by atoms with Crippen LogP contribution in [0.5, 0.6) is 11.6 Å². The topological polar surface area (TPSA) is 132 Å². The van der Waals surface area contributed by atoms with Crippen molar-refractivity contribution in [3.63, 3.8) is 0 Å². The summed E-state index contributed by atoms with van der Waals surface area (Å²) in [5, 5.41) is 11.7. The molecule has 0 saturated carbocycles. The molecule has 0 aliphatic carbocycles. The number of nitrogens with one attached hydrogen (secondary N) is 1. The maximum absolute atomic E-state index is 12.8. The number of piperidine rings is 1. The highest BCUT2D eigenvalue weighted by Crippen LogP contribution is 2.34. The normalized spacial score (nSPS) is 15.8. The van der Waals surface area contributed by atoms with Crippen molar-refractivity contribution in [2.45, 2.75) is 25.8 Å². The number of benzene rings is 1. The van der Waals surface area contributed by atoms with Gasteiger partial charge in [0.05, 0.1) is 11.4 Å². The van der Waals surface area contributed by atoms with Gasteiger partial charge in [-0.2, -0.15) is 10.2 Å². The summed E-state index contributed by atoms with van der Waals surface area (Å²) in [6, 6.07) is 10.9. The van der Waals surface area contributed by atoms with Gasteiger partial charge in [-0.3, -0.25) is 14.3 Å². The second-order valence-electron chi connectivity index (χ2n) is 8.54. The number of H-pyrrole nitrogens is 1. The SMILES string of the molecule is C=CC(=O)N1CCC[C@@H](n2nc(-c3ccc(Oc4cc(C)ccn4)cc3)c3c(N)n[nH]c(=O)c32)C1. The minimum absolute atomic E-state index is 0.139. The molecule has 1 amide bonds. The summed E-state index contributed by atoms with van der Waals surface area (Å²) in [5.41, 5.74) is 8.51. The number of likely N-dealkylation sites (tertiary alicyclic amines) is 1. The number of fused-ring (bicyclic) bond motifs is 1. The smallest absolute Gasteiger partial charge is 0.290 e. The van der Waals surface area contributed by atoms with Gasteiger partial charge in [-0.05, 0) is 61.7 Å². The van der Waals surface area contributed by atoms with E-state index in [1.807, 2.05) is 43.3 Å². The van der Waals surface area contributed by atoms with Crippen LogP contribution in [0.1, 0.15) is 24.4 Å². The Balaban J connectivity index is 1.53. The highest BCUT2D eigenvalue weighted by Gasteiger charge is 2.28. The van der Waals surface area contributed by atoms with E-state index in [1.54, 1.807) is 15.8 Å². The molecule has 10 nitrogen and oxygen atoms in total. The first-order valence-electron chi connectivity index (χ1n) is 11.3. The Labute approximate surface area is 201 Å². The first-order chi connectivity index (χ1) is 16.9. The number of nitrogens with zero attached hydrogens (tertiary/aromatic N) is 5. The molecule has 1 atom stereocenters. The van der Waals surface area contributed by atoms with Gasteiger partial charge >= 0.3 is 0 Å². The molecule has 1 aliphatic rings. The molecule has 10 heteroatoms. The Morgan fingerprint density at radius 3 is 2.83 bits per heavy atom. The Bertz CT molecular complexity index is 1470. The molecular formula is C25H25N7O3. The number of carbonyl (C=O) groups is 1. The molecule has 4 heterocycles. The number of amides is 1. The Morgan fingerprint density at radius 2 is 2.09 bits per heavy atom. The lowest BCUT2D eigenvalue weighted by molar-refractivity contribution is -0.127. The third-order valence-corrected chi connectivity index (χ3v) is 6.13. The van der Waals surface area contributed by atoms with Gasteiger partial charge < -0.3 is 15.4 Å². The summed E-state index contributed by atoms with van der Waals surface area (Å²) in [4.78, 5) is 31.0. The van der Waals surface area contributed by atoms with E-state index in [-0.39, 0.29) is 23.3 Å². The lowest BCUT2D eigenvalue weighted by Crippen LogP contribution is -2.40. The van der Waals surface area contributed by atoms with Crippen LogP contribution in [0.4, 0.5) is 5.82 Å². The van der Waals surface area contributed by atoms with Gasteiger partial charge in [0.2, 0.25) is 11.8 Å². The van der Waals surface area contributed by atoms with Gasteiger partial charge in [0, 0.05) is 30.9 Å². The number of pyridine rings is 1. The van der Waals surface area contributed by atoms with Crippen LogP contribution in [0.3, 0.4) is 0 Å². The van der Waals surface area contributed by atoms with Crippen molar-refractivity contribution in [2.24, 2.45) is 0 Å².